The average Bonchev–Trinajstić information content (AvgIpc) is 2.59. The quantitative estimate of drug-likeness (QED) is 0.765. The third kappa shape index (κ3) is 1.56. The van der Waals surface area contributed by atoms with Gasteiger partial charge in [-0.1, -0.05) is 18.2 Å². The van der Waals surface area contributed by atoms with E-state index in [1.165, 1.54) is 11.3 Å². The van der Waals surface area contributed by atoms with Crippen LogP contribution in [0.25, 0.3) is 10.1 Å². The van der Waals surface area contributed by atoms with Crippen molar-refractivity contribution < 1.29 is 4.79 Å². The summed E-state index contributed by atoms with van der Waals surface area (Å²) in [6.07, 6.45) is 0. The number of hydrogen-bond donors (Lipinski definition) is 1. The van der Waals surface area contributed by atoms with Crippen LogP contribution in [0, 0.1) is 0 Å². The lowest BCUT2D eigenvalue weighted by atomic mass is 10.2. The maximum absolute atomic E-state index is 11.6. The van der Waals surface area contributed by atoms with Gasteiger partial charge in [-0.2, -0.15) is 0 Å². The lowest BCUT2D eigenvalue weighted by molar-refractivity contribution is 0.0972. The van der Waals surface area contributed by atoms with Gasteiger partial charge >= 0.3 is 0 Å². The highest BCUT2D eigenvalue weighted by Crippen LogP contribution is 2.25. The molecule has 2 nitrogen and oxygen atoms in total. The first-order valence-corrected chi connectivity index (χ1v) is 5.28. The maximum Gasteiger partial charge on any atom is 0.189 e. The molecule has 1 aromatic heterocycles. The number of fused-ring (bicyclic) bond motifs is 1. The summed E-state index contributed by atoms with van der Waals surface area (Å²) >= 11 is 1.50. The predicted molar refractivity (Wildman–Crippen MR) is 59.8 cm³/mol. The molecule has 1 aromatic carbocycles. The Morgan fingerprint density at radius 3 is 2.79 bits per heavy atom. The molecule has 2 aromatic rings. The number of ketones is 1. The zero-order valence-corrected chi connectivity index (χ0v) is 8.67. The van der Waals surface area contributed by atoms with Gasteiger partial charge in [0.1, 0.15) is 0 Å². The fourth-order valence-electron chi connectivity index (χ4n) is 1.33. The zero-order valence-electron chi connectivity index (χ0n) is 7.86. The Morgan fingerprint density at radius 2 is 2.14 bits per heavy atom. The molecule has 0 saturated carbocycles. The second-order valence-corrected chi connectivity index (χ2v) is 4.39. The van der Waals surface area contributed by atoms with Crippen LogP contribution < -0.4 is 5.73 Å². The Kier molecular flexibility index (Phi) is 2.35. The molecule has 1 unspecified atom stereocenters. The van der Waals surface area contributed by atoms with Crippen molar-refractivity contribution >= 4 is 27.2 Å². The molecule has 0 amide bonds. The largest absolute Gasteiger partial charge is 0.321 e. The molecule has 0 spiro atoms. The number of thiophene rings is 1. The standard InChI is InChI=1S/C11H11NOS/c1-7(12)11(13)10-6-8-4-2-3-5-9(8)14-10/h2-7H,12H2,1H3. The van der Waals surface area contributed by atoms with Gasteiger partial charge in [0.15, 0.2) is 5.78 Å². The van der Waals surface area contributed by atoms with E-state index in [4.69, 9.17) is 5.73 Å². The minimum Gasteiger partial charge on any atom is -0.321 e. The summed E-state index contributed by atoms with van der Waals surface area (Å²) in [5.74, 6) is 0.0196. The van der Waals surface area contributed by atoms with Crippen molar-refractivity contribution in [2.24, 2.45) is 5.73 Å². The topological polar surface area (TPSA) is 43.1 Å². The predicted octanol–water partition coefficient (Wildman–Crippen LogP) is 2.43. The van der Waals surface area contributed by atoms with Gasteiger partial charge < -0.3 is 5.73 Å². The molecule has 2 N–H and O–H groups in total. The van der Waals surface area contributed by atoms with E-state index in [0.29, 0.717) is 0 Å². The van der Waals surface area contributed by atoms with Crippen molar-refractivity contribution in [2.75, 3.05) is 0 Å². The molecule has 0 bridgehead atoms. The van der Waals surface area contributed by atoms with E-state index in [0.717, 1.165) is 15.0 Å². The molecule has 0 fully saturated rings. The second-order valence-electron chi connectivity index (χ2n) is 3.30. The van der Waals surface area contributed by atoms with Gasteiger partial charge in [-0.15, -0.1) is 11.3 Å². The van der Waals surface area contributed by atoms with Gasteiger partial charge in [0, 0.05) is 4.70 Å². The summed E-state index contributed by atoms with van der Waals surface area (Å²) in [7, 11) is 0. The molecule has 14 heavy (non-hydrogen) atoms. The van der Waals surface area contributed by atoms with Crippen molar-refractivity contribution in [3.63, 3.8) is 0 Å². The van der Waals surface area contributed by atoms with E-state index in [9.17, 15) is 4.79 Å². The smallest absolute Gasteiger partial charge is 0.189 e. The molecule has 1 atom stereocenters. The summed E-state index contributed by atoms with van der Waals surface area (Å²) in [6.45, 7) is 1.72. The average molecular weight is 205 g/mol. The molecule has 72 valence electrons. The second kappa shape index (κ2) is 3.52. The number of carbonyl (C=O) groups excluding carboxylic acids is 1. The Hall–Kier alpha value is -1.19. The first-order chi connectivity index (χ1) is 6.68. The molecular weight excluding hydrogens is 194 g/mol. The number of benzene rings is 1. The molecule has 0 aliphatic heterocycles. The number of nitrogens with two attached hydrogens (primary N) is 1. The Bertz CT molecular complexity index is 440. The lowest BCUT2D eigenvalue weighted by Crippen LogP contribution is -2.25. The fraction of sp³-hybridized carbons (Fsp3) is 0.182. The molecule has 1 heterocycles. The Labute approximate surface area is 86.3 Å². The fourth-order valence-corrected chi connectivity index (χ4v) is 2.43. The summed E-state index contributed by atoms with van der Waals surface area (Å²) in [5, 5.41) is 1.11. The third-order valence-corrected chi connectivity index (χ3v) is 3.21. The molecule has 2 rings (SSSR count). The van der Waals surface area contributed by atoms with Crippen LogP contribution in [0.5, 0.6) is 0 Å². The van der Waals surface area contributed by atoms with Gasteiger partial charge in [-0.05, 0) is 24.4 Å². The first-order valence-electron chi connectivity index (χ1n) is 4.47. The van der Waals surface area contributed by atoms with Crippen molar-refractivity contribution in [1.29, 1.82) is 0 Å². The van der Waals surface area contributed by atoms with E-state index in [1.807, 2.05) is 30.3 Å². The van der Waals surface area contributed by atoms with Gasteiger partial charge in [0.05, 0.1) is 10.9 Å². The van der Waals surface area contributed by atoms with E-state index >= 15 is 0 Å². The SMILES string of the molecule is CC(N)C(=O)c1cc2ccccc2s1. The van der Waals surface area contributed by atoms with Crippen LogP contribution >= 0.6 is 11.3 Å². The molecule has 0 saturated heterocycles. The lowest BCUT2D eigenvalue weighted by Gasteiger charge is -1.98. The van der Waals surface area contributed by atoms with Crippen LogP contribution in [0.15, 0.2) is 30.3 Å². The van der Waals surface area contributed by atoms with Crippen molar-refractivity contribution in [3.05, 3.63) is 35.2 Å². The number of rotatable bonds is 2. The monoisotopic (exact) mass is 205 g/mol. The van der Waals surface area contributed by atoms with Crippen molar-refractivity contribution in [2.45, 2.75) is 13.0 Å². The number of Topliss-reactive ketones (excluding diaryl/α,β-unsaturated/α-hetero) is 1. The van der Waals surface area contributed by atoms with Crippen LogP contribution in [-0.4, -0.2) is 11.8 Å². The highest BCUT2D eigenvalue weighted by Gasteiger charge is 2.13. The van der Waals surface area contributed by atoms with E-state index in [-0.39, 0.29) is 5.78 Å². The Morgan fingerprint density at radius 1 is 1.43 bits per heavy atom. The van der Waals surface area contributed by atoms with Gasteiger partial charge in [0.25, 0.3) is 0 Å². The number of carbonyl (C=O) groups is 1. The van der Waals surface area contributed by atoms with E-state index in [1.54, 1.807) is 6.92 Å². The molecule has 3 heteroatoms. The van der Waals surface area contributed by atoms with Crippen LogP contribution in [0.4, 0.5) is 0 Å². The van der Waals surface area contributed by atoms with Gasteiger partial charge in [0.2, 0.25) is 0 Å². The van der Waals surface area contributed by atoms with Crippen LogP contribution in [0.3, 0.4) is 0 Å². The first kappa shape index (κ1) is 9.37. The summed E-state index contributed by atoms with van der Waals surface area (Å²) in [6, 6.07) is 9.45. The maximum atomic E-state index is 11.6. The van der Waals surface area contributed by atoms with E-state index in [2.05, 4.69) is 0 Å². The van der Waals surface area contributed by atoms with Crippen LogP contribution in [0.2, 0.25) is 0 Å². The summed E-state index contributed by atoms with van der Waals surface area (Å²) in [5.41, 5.74) is 5.55. The van der Waals surface area contributed by atoms with Crippen LogP contribution in [-0.2, 0) is 0 Å². The minimum atomic E-state index is -0.414. The van der Waals surface area contributed by atoms with Crippen LogP contribution in [0.1, 0.15) is 16.6 Å². The van der Waals surface area contributed by atoms with Crippen molar-refractivity contribution in [3.8, 4) is 0 Å². The molecular formula is C11H11NOS. The highest BCUT2D eigenvalue weighted by atomic mass is 32.1. The van der Waals surface area contributed by atoms with Gasteiger partial charge in [-0.25, -0.2) is 0 Å². The molecule has 0 radical (unpaired) electrons. The Balaban J connectivity index is 2.50. The van der Waals surface area contributed by atoms with Gasteiger partial charge in [-0.3, -0.25) is 4.79 Å². The zero-order chi connectivity index (χ0) is 10.1. The van der Waals surface area contributed by atoms with Crippen molar-refractivity contribution in [1.82, 2.24) is 0 Å². The molecule has 0 aliphatic carbocycles. The summed E-state index contributed by atoms with van der Waals surface area (Å²) in [4.78, 5) is 12.4. The minimum absolute atomic E-state index is 0.0196. The number of hydrogen-bond acceptors (Lipinski definition) is 3. The summed E-state index contributed by atoms with van der Waals surface area (Å²) < 4.78 is 1.14. The molecule has 0 aliphatic rings. The van der Waals surface area contributed by atoms with E-state index < -0.39 is 6.04 Å². The highest BCUT2D eigenvalue weighted by molar-refractivity contribution is 7.20. The normalized spacial score (nSPS) is 13.0. The third-order valence-electron chi connectivity index (χ3n) is 2.08.